The van der Waals surface area contributed by atoms with Gasteiger partial charge in [0.05, 0.1) is 10.4 Å². The summed E-state index contributed by atoms with van der Waals surface area (Å²) >= 11 is 7.47. The first-order valence-corrected chi connectivity index (χ1v) is 7.99. The molecule has 1 fully saturated rings. The Labute approximate surface area is 143 Å². The van der Waals surface area contributed by atoms with Gasteiger partial charge in [0.25, 0.3) is 0 Å². The lowest BCUT2D eigenvalue weighted by Gasteiger charge is -2.34. The second kappa shape index (κ2) is 7.70. The number of rotatable bonds is 3. The highest BCUT2D eigenvalue weighted by Crippen LogP contribution is 2.36. The average molecular weight is 365 g/mol. The fraction of sp³-hybridized carbons (Fsp3) is 0.333. The van der Waals surface area contributed by atoms with E-state index in [1.165, 1.54) is 23.5 Å². The molecule has 22 heavy (non-hydrogen) atoms. The van der Waals surface area contributed by atoms with Crippen molar-refractivity contribution in [1.29, 1.82) is 0 Å². The van der Waals surface area contributed by atoms with Crippen molar-refractivity contribution < 1.29 is 8.78 Å². The molecule has 1 aliphatic rings. The minimum Gasteiger partial charge on any atom is -0.314 e. The molecule has 0 saturated carbocycles. The fourth-order valence-corrected chi connectivity index (χ4v) is 3.88. The number of hydrogen-bond acceptors (Lipinski definition) is 3. The summed E-state index contributed by atoms with van der Waals surface area (Å²) in [6.07, 6.45) is 0. The van der Waals surface area contributed by atoms with Crippen molar-refractivity contribution >= 4 is 35.3 Å². The molecule has 1 aromatic carbocycles. The molecule has 1 aliphatic heterocycles. The number of piperazine rings is 1. The maximum atomic E-state index is 14.2. The molecule has 2 nitrogen and oxygen atoms in total. The number of nitrogens with one attached hydrogen (secondary N) is 1. The predicted molar refractivity (Wildman–Crippen MR) is 89.2 cm³/mol. The molecule has 0 radical (unpaired) electrons. The van der Waals surface area contributed by atoms with Crippen LogP contribution in [-0.2, 0) is 0 Å². The van der Waals surface area contributed by atoms with Gasteiger partial charge < -0.3 is 5.32 Å². The van der Waals surface area contributed by atoms with Gasteiger partial charge in [-0.2, -0.15) is 0 Å². The van der Waals surface area contributed by atoms with Gasteiger partial charge in [-0.25, -0.2) is 8.78 Å². The Kier molecular flexibility index (Phi) is 6.17. The first kappa shape index (κ1) is 17.6. The molecule has 1 atom stereocenters. The molecule has 0 amide bonds. The standard InChI is InChI=1S/C15H15ClF2N2S.ClH/c16-14-4-3-13(21-14)15(20-7-5-19-6-8-20)11-2-1-10(17)9-12(11)18;/h1-4,9,15,19H,5-8H2;1H/t15-;/m1./s1. The van der Waals surface area contributed by atoms with E-state index >= 15 is 0 Å². The molecule has 1 saturated heterocycles. The highest BCUT2D eigenvalue weighted by atomic mass is 35.5. The predicted octanol–water partition coefficient (Wildman–Crippen LogP) is 4.10. The molecule has 3 rings (SSSR count). The van der Waals surface area contributed by atoms with Gasteiger partial charge in [-0.05, 0) is 18.2 Å². The number of halogens is 4. The van der Waals surface area contributed by atoms with Crippen LogP contribution in [0.3, 0.4) is 0 Å². The second-order valence-electron chi connectivity index (χ2n) is 5.00. The molecule has 2 heterocycles. The van der Waals surface area contributed by atoms with Crippen molar-refractivity contribution in [2.75, 3.05) is 26.2 Å². The molecule has 2 aromatic rings. The maximum Gasteiger partial charge on any atom is 0.131 e. The lowest BCUT2D eigenvalue weighted by atomic mass is 10.0. The summed E-state index contributed by atoms with van der Waals surface area (Å²) in [5.74, 6) is -1.07. The quantitative estimate of drug-likeness (QED) is 0.881. The number of hydrogen-bond donors (Lipinski definition) is 1. The van der Waals surface area contributed by atoms with E-state index in [0.717, 1.165) is 37.1 Å². The van der Waals surface area contributed by atoms with Crippen molar-refractivity contribution in [2.24, 2.45) is 0 Å². The van der Waals surface area contributed by atoms with Gasteiger partial charge in [-0.15, -0.1) is 23.7 Å². The number of thiophene rings is 1. The van der Waals surface area contributed by atoms with Crippen LogP contribution in [0, 0.1) is 11.6 Å². The number of benzene rings is 1. The summed E-state index contributed by atoms with van der Waals surface area (Å²) in [7, 11) is 0. The normalized spacial score (nSPS) is 17.0. The monoisotopic (exact) mass is 364 g/mol. The summed E-state index contributed by atoms with van der Waals surface area (Å²) < 4.78 is 28.1. The van der Waals surface area contributed by atoms with Crippen LogP contribution in [0.2, 0.25) is 4.34 Å². The summed E-state index contributed by atoms with van der Waals surface area (Å²) in [6.45, 7) is 3.35. The first-order chi connectivity index (χ1) is 10.1. The van der Waals surface area contributed by atoms with Gasteiger partial charge in [0.2, 0.25) is 0 Å². The van der Waals surface area contributed by atoms with Crippen molar-refractivity contribution in [2.45, 2.75) is 6.04 Å². The molecular formula is C15H16Cl2F2N2S. The lowest BCUT2D eigenvalue weighted by molar-refractivity contribution is 0.197. The van der Waals surface area contributed by atoms with E-state index in [2.05, 4.69) is 10.2 Å². The minimum atomic E-state index is -0.556. The van der Waals surface area contributed by atoms with Crippen LogP contribution in [0.5, 0.6) is 0 Å². The molecule has 1 aromatic heterocycles. The topological polar surface area (TPSA) is 15.3 Å². The lowest BCUT2D eigenvalue weighted by Crippen LogP contribution is -2.45. The van der Waals surface area contributed by atoms with E-state index in [4.69, 9.17) is 11.6 Å². The Morgan fingerprint density at radius 2 is 1.86 bits per heavy atom. The zero-order chi connectivity index (χ0) is 14.8. The molecule has 0 spiro atoms. The zero-order valence-electron chi connectivity index (χ0n) is 11.7. The third-order valence-electron chi connectivity index (χ3n) is 3.64. The largest absolute Gasteiger partial charge is 0.314 e. The van der Waals surface area contributed by atoms with E-state index in [1.807, 2.05) is 12.1 Å². The third-order valence-corrected chi connectivity index (χ3v) is 4.92. The molecule has 0 aliphatic carbocycles. The van der Waals surface area contributed by atoms with Gasteiger partial charge in [0.1, 0.15) is 11.6 Å². The molecule has 0 bridgehead atoms. The van der Waals surface area contributed by atoms with E-state index in [9.17, 15) is 8.78 Å². The fourth-order valence-electron chi connectivity index (χ4n) is 2.67. The Morgan fingerprint density at radius 3 is 2.45 bits per heavy atom. The van der Waals surface area contributed by atoms with Crippen LogP contribution in [0.25, 0.3) is 0 Å². The third kappa shape index (κ3) is 3.78. The molecule has 0 unspecified atom stereocenters. The first-order valence-electron chi connectivity index (χ1n) is 6.80. The van der Waals surface area contributed by atoms with Crippen molar-refractivity contribution in [3.05, 3.63) is 56.7 Å². The van der Waals surface area contributed by atoms with E-state index in [-0.39, 0.29) is 18.4 Å². The van der Waals surface area contributed by atoms with Crippen LogP contribution in [0.4, 0.5) is 8.78 Å². The van der Waals surface area contributed by atoms with Crippen LogP contribution < -0.4 is 5.32 Å². The van der Waals surface area contributed by atoms with Gasteiger partial charge in [0.15, 0.2) is 0 Å². The van der Waals surface area contributed by atoms with Crippen LogP contribution in [0.1, 0.15) is 16.5 Å². The van der Waals surface area contributed by atoms with Gasteiger partial charge in [-0.3, -0.25) is 4.90 Å². The molecule has 1 N–H and O–H groups in total. The highest BCUT2D eigenvalue weighted by molar-refractivity contribution is 7.16. The molecule has 120 valence electrons. The Balaban J connectivity index is 0.00000176. The second-order valence-corrected chi connectivity index (χ2v) is 6.74. The van der Waals surface area contributed by atoms with E-state index in [0.29, 0.717) is 9.90 Å². The molecule has 7 heteroatoms. The summed E-state index contributed by atoms with van der Waals surface area (Å²) in [6, 6.07) is 7.30. The minimum absolute atomic E-state index is 0. The molecular weight excluding hydrogens is 349 g/mol. The van der Waals surface area contributed by atoms with E-state index < -0.39 is 11.6 Å². The summed E-state index contributed by atoms with van der Waals surface area (Å²) in [5.41, 5.74) is 0.497. The van der Waals surface area contributed by atoms with Gasteiger partial charge in [0, 0.05) is 42.7 Å². The Hall–Kier alpha value is -0.720. The van der Waals surface area contributed by atoms with E-state index in [1.54, 1.807) is 0 Å². The van der Waals surface area contributed by atoms with Gasteiger partial charge in [-0.1, -0.05) is 17.7 Å². The smallest absolute Gasteiger partial charge is 0.131 e. The summed E-state index contributed by atoms with van der Waals surface area (Å²) in [4.78, 5) is 3.18. The number of nitrogens with zero attached hydrogens (tertiary/aromatic N) is 1. The van der Waals surface area contributed by atoms with Crippen molar-refractivity contribution in [3.8, 4) is 0 Å². The van der Waals surface area contributed by atoms with Gasteiger partial charge >= 0.3 is 0 Å². The average Bonchev–Trinajstić information content (AvgIpc) is 2.89. The van der Waals surface area contributed by atoms with Crippen LogP contribution >= 0.6 is 35.3 Å². The SMILES string of the molecule is Cl.Fc1ccc([C@H](c2ccc(Cl)s2)N2CCNCC2)c(F)c1. The van der Waals surface area contributed by atoms with Crippen LogP contribution in [-0.4, -0.2) is 31.1 Å². The van der Waals surface area contributed by atoms with Crippen molar-refractivity contribution in [1.82, 2.24) is 10.2 Å². The Morgan fingerprint density at radius 1 is 1.14 bits per heavy atom. The maximum absolute atomic E-state index is 14.2. The highest BCUT2D eigenvalue weighted by Gasteiger charge is 2.27. The van der Waals surface area contributed by atoms with Crippen molar-refractivity contribution in [3.63, 3.8) is 0 Å². The summed E-state index contributed by atoms with van der Waals surface area (Å²) in [5, 5.41) is 3.28. The zero-order valence-corrected chi connectivity index (χ0v) is 14.1. The Bertz CT molecular complexity index is 630. The van der Waals surface area contributed by atoms with Crippen LogP contribution in [0.15, 0.2) is 30.3 Å².